The van der Waals surface area contributed by atoms with Gasteiger partial charge in [-0.25, -0.2) is 0 Å². The van der Waals surface area contributed by atoms with E-state index in [2.05, 4.69) is 33.3 Å². The van der Waals surface area contributed by atoms with Gasteiger partial charge in [0.15, 0.2) is 0 Å². The fraction of sp³-hybridized carbons (Fsp3) is 0.333. The Labute approximate surface area is 88.4 Å². The van der Waals surface area contributed by atoms with Crippen LogP contribution >= 0.6 is 7.91 Å². The standard InChI is InChI=1S/C9H15F2O3P/c1-4-7-12-15(10,11,13-8-5-2)14-9-6-3/h4-6H,1-3,7-9H2. The van der Waals surface area contributed by atoms with Crippen LogP contribution < -0.4 is 0 Å². The van der Waals surface area contributed by atoms with Gasteiger partial charge < -0.3 is 0 Å². The van der Waals surface area contributed by atoms with Crippen LogP contribution in [0, 0.1) is 0 Å². The monoisotopic (exact) mass is 240 g/mol. The van der Waals surface area contributed by atoms with E-state index < -0.39 is 7.91 Å². The van der Waals surface area contributed by atoms with Gasteiger partial charge in [0, 0.05) is 0 Å². The van der Waals surface area contributed by atoms with Crippen LogP contribution in [0.4, 0.5) is 8.39 Å². The molecule has 0 rings (SSSR count). The van der Waals surface area contributed by atoms with Gasteiger partial charge >= 0.3 is 87.7 Å². The Balaban J connectivity index is 4.52. The van der Waals surface area contributed by atoms with Crippen LogP contribution in [0.1, 0.15) is 0 Å². The molecule has 15 heavy (non-hydrogen) atoms. The van der Waals surface area contributed by atoms with Gasteiger partial charge in [0.1, 0.15) is 0 Å². The van der Waals surface area contributed by atoms with Gasteiger partial charge in [0.25, 0.3) is 0 Å². The van der Waals surface area contributed by atoms with Crippen molar-refractivity contribution in [3.8, 4) is 0 Å². The molecule has 6 heteroatoms. The molecule has 0 aliphatic rings. The van der Waals surface area contributed by atoms with E-state index in [9.17, 15) is 8.39 Å². The summed E-state index contributed by atoms with van der Waals surface area (Å²) in [7, 11) is -6.00. The first kappa shape index (κ1) is 14.4. The van der Waals surface area contributed by atoms with Crippen molar-refractivity contribution >= 4 is 7.91 Å². The summed E-state index contributed by atoms with van der Waals surface area (Å²) in [4.78, 5) is 0. The third kappa shape index (κ3) is 5.74. The topological polar surface area (TPSA) is 27.7 Å². The second-order valence-electron chi connectivity index (χ2n) is 2.45. The Morgan fingerprint density at radius 3 is 1.27 bits per heavy atom. The molecule has 0 saturated carbocycles. The molecule has 0 aliphatic carbocycles. The Hall–Kier alpha value is -0.610. The number of hydrogen-bond donors (Lipinski definition) is 0. The Morgan fingerprint density at radius 1 is 0.800 bits per heavy atom. The molecule has 0 saturated heterocycles. The van der Waals surface area contributed by atoms with Crippen molar-refractivity contribution in [2.24, 2.45) is 0 Å². The molecule has 0 bridgehead atoms. The number of hydrogen-bond acceptors (Lipinski definition) is 3. The van der Waals surface area contributed by atoms with E-state index in [1.807, 2.05) is 0 Å². The molecule has 3 nitrogen and oxygen atoms in total. The molecule has 0 fully saturated rings. The fourth-order valence-electron chi connectivity index (χ4n) is 0.622. The third-order valence-corrected chi connectivity index (χ3v) is 2.85. The first-order chi connectivity index (χ1) is 6.96. The van der Waals surface area contributed by atoms with E-state index in [1.54, 1.807) is 0 Å². The maximum absolute atomic E-state index is 13.7. The summed E-state index contributed by atoms with van der Waals surface area (Å²) >= 11 is 0. The van der Waals surface area contributed by atoms with Gasteiger partial charge in [-0.2, -0.15) is 0 Å². The molecule has 0 spiro atoms. The Kier molecular flexibility index (Phi) is 5.83. The first-order valence-corrected chi connectivity index (χ1v) is 5.97. The average molecular weight is 240 g/mol. The molecule has 0 N–H and O–H groups in total. The molecule has 0 heterocycles. The summed E-state index contributed by atoms with van der Waals surface area (Å²) in [5.41, 5.74) is 0. The van der Waals surface area contributed by atoms with Crippen molar-refractivity contribution in [3.05, 3.63) is 38.0 Å². The number of rotatable bonds is 9. The zero-order valence-electron chi connectivity index (χ0n) is 8.40. The van der Waals surface area contributed by atoms with Crippen LogP contribution in [-0.2, 0) is 13.6 Å². The third-order valence-electron chi connectivity index (χ3n) is 1.19. The molecule has 0 aromatic carbocycles. The van der Waals surface area contributed by atoms with Gasteiger partial charge in [0.2, 0.25) is 0 Å². The summed E-state index contributed by atoms with van der Waals surface area (Å²) in [6.45, 7) is 8.76. The average Bonchev–Trinajstić information content (AvgIpc) is 2.22. The van der Waals surface area contributed by atoms with Gasteiger partial charge in [0.05, 0.1) is 0 Å². The zero-order valence-corrected chi connectivity index (χ0v) is 9.30. The quantitative estimate of drug-likeness (QED) is 0.454. The molecule has 0 amide bonds. The fourth-order valence-corrected chi connectivity index (χ4v) is 1.86. The summed E-state index contributed by atoms with van der Waals surface area (Å²) in [6, 6.07) is 0. The van der Waals surface area contributed by atoms with Gasteiger partial charge in [-0.1, -0.05) is 0 Å². The summed E-state index contributed by atoms with van der Waals surface area (Å²) in [6.07, 6.45) is 3.57. The minimum absolute atomic E-state index is 0.348. The Bertz CT molecular complexity index is 205. The van der Waals surface area contributed by atoms with Crippen LogP contribution in [0.15, 0.2) is 38.0 Å². The van der Waals surface area contributed by atoms with Gasteiger partial charge in [-0.05, 0) is 0 Å². The van der Waals surface area contributed by atoms with E-state index in [0.717, 1.165) is 0 Å². The molecule has 0 aromatic heterocycles. The zero-order chi connectivity index (χ0) is 11.8. The molecule has 0 aromatic rings. The van der Waals surface area contributed by atoms with Crippen LogP contribution in [0.3, 0.4) is 0 Å². The predicted octanol–water partition coefficient (Wildman–Crippen LogP) is 3.66. The molecule has 88 valence electrons. The van der Waals surface area contributed by atoms with E-state index in [1.165, 1.54) is 18.2 Å². The summed E-state index contributed by atoms with van der Waals surface area (Å²) < 4.78 is 40.3. The van der Waals surface area contributed by atoms with Crippen molar-refractivity contribution in [2.45, 2.75) is 0 Å². The van der Waals surface area contributed by atoms with E-state index in [-0.39, 0.29) is 19.8 Å². The van der Waals surface area contributed by atoms with E-state index >= 15 is 0 Å². The van der Waals surface area contributed by atoms with Crippen LogP contribution in [-0.4, -0.2) is 19.8 Å². The predicted molar refractivity (Wildman–Crippen MR) is 57.6 cm³/mol. The Morgan fingerprint density at radius 2 is 1.07 bits per heavy atom. The molecule has 0 atom stereocenters. The van der Waals surface area contributed by atoms with Crippen LogP contribution in [0.25, 0.3) is 0 Å². The normalized spacial score (nSPS) is 13.9. The number of halogens is 2. The molecule has 0 aliphatic heterocycles. The van der Waals surface area contributed by atoms with Crippen molar-refractivity contribution in [1.82, 2.24) is 0 Å². The second-order valence-corrected chi connectivity index (χ2v) is 4.63. The molecular weight excluding hydrogens is 225 g/mol. The summed E-state index contributed by atoms with van der Waals surface area (Å²) in [5, 5.41) is 0. The van der Waals surface area contributed by atoms with Crippen molar-refractivity contribution in [1.29, 1.82) is 0 Å². The first-order valence-electron chi connectivity index (χ1n) is 4.20. The second kappa shape index (κ2) is 6.08. The molecule has 0 unspecified atom stereocenters. The van der Waals surface area contributed by atoms with Crippen molar-refractivity contribution in [2.75, 3.05) is 19.8 Å². The van der Waals surface area contributed by atoms with Gasteiger partial charge in [-0.15, -0.1) is 0 Å². The van der Waals surface area contributed by atoms with E-state index in [0.29, 0.717) is 0 Å². The van der Waals surface area contributed by atoms with Crippen molar-refractivity contribution < 1.29 is 22.0 Å². The van der Waals surface area contributed by atoms with E-state index in [4.69, 9.17) is 0 Å². The van der Waals surface area contributed by atoms with Gasteiger partial charge in [-0.3, -0.25) is 0 Å². The molecule has 0 radical (unpaired) electrons. The molecular formula is C9H15F2O3P. The van der Waals surface area contributed by atoms with Crippen LogP contribution in [0.2, 0.25) is 0 Å². The SMILES string of the molecule is C=CCOP(F)(F)(OCC=C)OCC=C. The maximum atomic E-state index is 13.7. The summed E-state index contributed by atoms with van der Waals surface area (Å²) in [5.74, 6) is 0. The minimum atomic E-state index is -6.00. The van der Waals surface area contributed by atoms with Crippen molar-refractivity contribution in [3.63, 3.8) is 0 Å². The van der Waals surface area contributed by atoms with Crippen LogP contribution in [0.5, 0.6) is 0 Å².